The standard InChI is InChI=1S/C9H19N3O3.2ClH/c1-2-15-12-7-11-8(9(13)14)5-3-4-6-10;;/h7-8H,2-6,10H2,1H3,(H,11,12)(H,13,14);2*1H/t8-;;/m0../s1. The summed E-state index contributed by atoms with van der Waals surface area (Å²) in [5.74, 6) is -0.894. The van der Waals surface area contributed by atoms with Crippen LogP contribution in [0.25, 0.3) is 0 Å². The van der Waals surface area contributed by atoms with Gasteiger partial charge in [0.05, 0.1) is 0 Å². The van der Waals surface area contributed by atoms with Crippen LogP contribution < -0.4 is 11.1 Å². The van der Waals surface area contributed by atoms with Crippen molar-refractivity contribution >= 4 is 37.1 Å². The molecule has 8 heteroatoms. The van der Waals surface area contributed by atoms with Gasteiger partial charge in [-0.15, -0.1) is 24.8 Å². The molecule has 0 bridgehead atoms. The van der Waals surface area contributed by atoms with Gasteiger partial charge in [0.25, 0.3) is 0 Å². The van der Waals surface area contributed by atoms with E-state index in [1.165, 1.54) is 6.34 Å². The lowest BCUT2D eigenvalue weighted by Crippen LogP contribution is -2.35. The van der Waals surface area contributed by atoms with Crippen LogP contribution >= 0.6 is 24.8 Å². The fourth-order valence-electron chi connectivity index (χ4n) is 1.00. The molecule has 0 aliphatic heterocycles. The highest BCUT2D eigenvalue weighted by Gasteiger charge is 2.14. The first-order valence-corrected chi connectivity index (χ1v) is 5.05. The van der Waals surface area contributed by atoms with E-state index in [0.29, 0.717) is 19.6 Å². The Morgan fingerprint density at radius 3 is 2.65 bits per heavy atom. The van der Waals surface area contributed by atoms with Gasteiger partial charge in [0.15, 0.2) is 0 Å². The third-order valence-corrected chi connectivity index (χ3v) is 1.78. The quantitative estimate of drug-likeness (QED) is 0.254. The van der Waals surface area contributed by atoms with Crippen molar-refractivity contribution in [2.45, 2.75) is 32.2 Å². The second-order valence-electron chi connectivity index (χ2n) is 2.99. The molecule has 0 aromatic heterocycles. The van der Waals surface area contributed by atoms with Crippen LogP contribution in [0, 0.1) is 0 Å². The Balaban J connectivity index is -0.000000980. The summed E-state index contributed by atoms with van der Waals surface area (Å²) in [4.78, 5) is 15.4. The molecule has 0 fully saturated rings. The zero-order valence-corrected chi connectivity index (χ0v) is 11.4. The van der Waals surface area contributed by atoms with E-state index in [1.54, 1.807) is 6.92 Å². The van der Waals surface area contributed by atoms with Crippen LogP contribution in [-0.2, 0) is 9.63 Å². The van der Waals surface area contributed by atoms with Gasteiger partial charge in [-0.05, 0) is 32.7 Å². The lowest BCUT2D eigenvalue weighted by atomic mass is 10.1. The van der Waals surface area contributed by atoms with Gasteiger partial charge >= 0.3 is 5.97 Å². The number of nitrogens with zero attached hydrogens (tertiary/aromatic N) is 1. The number of nitrogens with two attached hydrogens (primary N) is 1. The fourth-order valence-corrected chi connectivity index (χ4v) is 1.00. The van der Waals surface area contributed by atoms with E-state index in [9.17, 15) is 4.79 Å². The number of carboxylic acid groups (broad SMARTS) is 1. The molecule has 0 saturated heterocycles. The highest BCUT2D eigenvalue weighted by Crippen LogP contribution is 1.99. The number of oxime groups is 1. The maximum absolute atomic E-state index is 10.8. The summed E-state index contributed by atoms with van der Waals surface area (Å²) in [6, 6.07) is -0.624. The lowest BCUT2D eigenvalue weighted by molar-refractivity contribution is -0.139. The highest BCUT2D eigenvalue weighted by molar-refractivity contribution is 5.85. The summed E-state index contributed by atoms with van der Waals surface area (Å²) in [6.45, 7) is 2.84. The van der Waals surface area contributed by atoms with Crippen LogP contribution in [0.4, 0.5) is 0 Å². The van der Waals surface area contributed by atoms with Gasteiger partial charge in [0.2, 0.25) is 0 Å². The summed E-state index contributed by atoms with van der Waals surface area (Å²) < 4.78 is 0. The third-order valence-electron chi connectivity index (χ3n) is 1.78. The number of rotatable bonds is 9. The molecule has 0 spiro atoms. The van der Waals surface area contributed by atoms with Crippen molar-refractivity contribution in [2.24, 2.45) is 10.9 Å². The van der Waals surface area contributed by atoms with E-state index in [2.05, 4.69) is 15.3 Å². The molecule has 17 heavy (non-hydrogen) atoms. The van der Waals surface area contributed by atoms with Crippen molar-refractivity contribution in [1.29, 1.82) is 0 Å². The second kappa shape index (κ2) is 15.3. The minimum absolute atomic E-state index is 0. The molecule has 6 nitrogen and oxygen atoms in total. The Bertz CT molecular complexity index is 206. The summed E-state index contributed by atoms with van der Waals surface area (Å²) in [5, 5.41) is 15.0. The van der Waals surface area contributed by atoms with Crippen molar-refractivity contribution in [3.63, 3.8) is 0 Å². The predicted octanol–water partition coefficient (Wildman–Crippen LogP) is 0.982. The minimum atomic E-state index is -0.894. The zero-order valence-electron chi connectivity index (χ0n) is 9.80. The maximum atomic E-state index is 10.8. The third kappa shape index (κ3) is 13.2. The van der Waals surface area contributed by atoms with Crippen LogP contribution in [0.1, 0.15) is 26.2 Å². The van der Waals surface area contributed by atoms with E-state index >= 15 is 0 Å². The SMILES string of the molecule is CCON=CN[C@@H](CCCCN)C(=O)O.Cl.Cl. The first-order valence-electron chi connectivity index (χ1n) is 5.05. The molecule has 0 aliphatic rings. The van der Waals surface area contributed by atoms with Crippen molar-refractivity contribution in [3.8, 4) is 0 Å². The monoisotopic (exact) mass is 289 g/mol. The summed E-state index contributed by atoms with van der Waals surface area (Å²) in [6.07, 6.45) is 3.41. The number of aliphatic carboxylic acids is 1. The van der Waals surface area contributed by atoms with Gasteiger partial charge in [-0.1, -0.05) is 5.16 Å². The average Bonchev–Trinajstić information content (AvgIpc) is 2.21. The first-order chi connectivity index (χ1) is 7.22. The number of carbonyl (C=O) groups is 1. The summed E-state index contributed by atoms with van der Waals surface area (Å²) in [5.41, 5.74) is 5.32. The van der Waals surface area contributed by atoms with E-state index in [4.69, 9.17) is 10.8 Å². The van der Waals surface area contributed by atoms with Gasteiger partial charge in [-0.3, -0.25) is 0 Å². The molecule has 4 N–H and O–H groups in total. The highest BCUT2D eigenvalue weighted by atomic mass is 35.5. The number of hydrogen-bond acceptors (Lipinski definition) is 4. The number of unbranched alkanes of at least 4 members (excludes halogenated alkanes) is 1. The Kier molecular flexibility index (Phi) is 19.4. The van der Waals surface area contributed by atoms with E-state index in [0.717, 1.165) is 12.8 Å². The van der Waals surface area contributed by atoms with Gasteiger partial charge in [-0.25, -0.2) is 4.79 Å². The molecule has 0 amide bonds. The number of nitrogens with one attached hydrogen (secondary N) is 1. The van der Waals surface area contributed by atoms with Crippen molar-refractivity contribution in [1.82, 2.24) is 5.32 Å². The largest absolute Gasteiger partial charge is 0.480 e. The van der Waals surface area contributed by atoms with E-state index in [-0.39, 0.29) is 24.8 Å². The molecule has 0 aliphatic carbocycles. The molecule has 1 atom stereocenters. The van der Waals surface area contributed by atoms with Gasteiger partial charge in [-0.2, -0.15) is 0 Å². The van der Waals surface area contributed by atoms with Gasteiger partial charge < -0.3 is 21.0 Å². The summed E-state index contributed by atoms with van der Waals surface area (Å²) in [7, 11) is 0. The van der Waals surface area contributed by atoms with Crippen molar-refractivity contribution in [3.05, 3.63) is 0 Å². The number of carboxylic acids is 1. The number of hydrogen-bond donors (Lipinski definition) is 3. The van der Waals surface area contributed by atoms with Gasteiger partial charge in [0, 0.05) is 0 Å². The molecule has 0 heterocycles. The molecule has 0 aromatic carbocycles. The Labute approximate surface area is 114 Å². The Hall–Kier alpha value is -0.720. The molecular weight excluding hydrogens is 269 g/mol. The maximum Gasteiger partial charge on any atom is 0.326 e. The summed E-state index contributed by atoms with van der Waals surface area (Å²) >= 11 is 0. The molecular formula is C9H21Cl2N3O3. The smallest absolute Gasteiger partial charge is 0.326 e. The van der Waals surface area contributed by atoms with Crippen LogP contribution in [0.2, 0.25) is 0 Å². The average molecular weight is 290 g/mol. The predicted molar refractivity (Wildman–Crippen MR) is 72.1 cm³/mol. The normalized spacial score (nSPS) is 11.2. The van der Waals surface area contributed by atoms with Crippen LogP contribution in [-0.4, -0.2) is 36.6 Å². The topological polar surface area (TPSA) is 96.9 Å². The molecule has 104 valence electrons. The fraction of sp³-hybridized carbons (Fsp3) is 0.778. The zero-order chi connectivity index (χ0) is 11.5. The van der Waals surface area contributed by atoms with Gasteiger partial charge in [0.1, 0.15) is 19.0 Å². The Morgan fingerprint density at radius 2 is 2.18 bits per heavy atom. The minimum Gasteiger partial charge on any atom is -0.480 e. The Morgan fingerprint density at radius 1 is 1.53 bits per heavy atom. The molecule has 0 saturated carbocycles. The van der Waals surface area contributed by atoms with E-state index in [1.807, 2.05) is 0 Å². The van der Waals surface area contributed by atoms with Crippen molar-refractivity contribution < 1.29 is 14.7 Å². The van der Waals surface area contributed by atoms with Crippen molar-refractivity contribution in [2.75, 3.05) is 13.2 Å². The molecule has 0 aromatic rings. The molecule has 0 radical (unpaired) electrons. The second-order valence-corrected chi connectivity index (χ2v) is 2.99. The van der Waals surface area contributed by atoms with E-state index < -0.39 is 12.0 Å². The molecule has 0 rings (SSSR count). The van der Waals surface area contributed by atoms with Crippen LogP contribution in [0.5, 0.6) is 0 Å². The molecule has 0 unspecified atom stereocenters. The first kappa shape index (κ1) is 21.6. The number of halogens is 2. The van der Waals surface area contributed by atoms with Crippen LogP contribution in [0.15, 0.2) is 5.16 Å². The van der Waals surface area contributed by atoms with Crippen LogP contribution in [0.3, 0.4) is 0 Å². The lowest BCUT2D eigenvalue weighted by Gasteiger charge is -2.10.